The quantitative estimate of drug-likeness (QED) is 0.467. The molecule has 0 aliphatic carbocycles. The Balaban J connectivity index is 1.42. The molecular weight excluding hydrogens is 488 g/mol. The second kappa shape index (κ2) is 10.7. The molecule has 0 unspecified atom stereocenters. The van der Waals surface area contributed by atoms with E-state index in [9.17, 15) is 10.1 Å². The molecule has 8 nitrogen and oxygen atoms in total. The molecule has 1 amide bonds. The van der Waals surface area contributed by atoms with E-state index < -0.39 is 0 Å². The van der Waals surface area contributed by atoms with Gasteiger partial charge in [0, 0.05) is 44.6 Å². The van der Waals surface area contributed by atoms with Gasteiger partial charge in [-0.1, -0.05) is 12.1 Å². The topological polar surface area (TPSA) is 94.4 Å². The van der Waals surface area contributed by atoms with Crippen LogP contribution in [0.2, 0.25) is 0 Å². The smallest absolute Gasteiger partial charge is 0.219 e. The molecule has 1 N–H and O–H groups in total. The number of hydrogen-bond acceptors (Lipinski definition) is 7. The minimum absolute atomic E-state index is 0.0444. The lowest BCUT2D eigenvalue weighted by atomic mass is 9.71. The number of ether oxygens (including phenoxy) is 1. The van der Waals surface area contributed by atoms with Crippen LogP contribution >= 0.6 is 0 Å². The van der Waals surface area contributed by atoms with Gasteiger partial charge in [0.1, 0.15) is 17.4 Å². The number of amides is 1. The maximum absolute atomic E-state index is 11.8. The van der Waals surface area contributed by atoms with Crippen molar-refractivity contribution < 1.29 is 9.53 Å². The summed E-state index contributed by atoms with van der Waals surface area (Å²) in [5, 5.41) is 14.0. The highest BCUT2D eigenvalue weighted by atomic mass is 16.5. The van der Waals surface area contributed by atoms with E-state index in [-0.39, 0.29) is 11.9 Å². The Bertz CT molecular complexity index is 1430. The summed E-state index contributed by atoms with van der Waals surface area (Å²) in [4.78, 5) is 25.7. The van der Waals surface area contributed by atoms with Crippen LogP contribution < -0.4 is 15.0 Å². The van der Waals surface area contributed by atoms with Gasteiger partial charge in [0.05, 0.1) is 36.0 Å². The number of rotatable bonds is 5. The lowest BCUT2D eigenvalue weighted by molar-refractivity contribution is -0.131. The summed E-state index contributed by atoms with van der Waals surface area (Å²) in [6, 6.07) is 12.3. The number of benzene rings is 2. The van der Waals surface area contributed by atoms with Crippen LogP contribution in [0.15, 0.2) is 30.3 Å². The number of aryl methyl sites for hydroxylation is 1. The number of fused-ring (bicyclic) bond motifs is 1. The molecule has 1 aromatic heterocycles. The van der Waals surface area contributed by atoms with E-state index in [1.165, 1.54) is 0 Å². The zero-order valence-corrected chi connectivity index (χ0v) is 23.7. The Morgan fingerprint density at radius 2 is 1.79 bits per heavy atom. The number of nitrogens with one attached hydrogen (secondary N) is 1. The van der Waals surface area contributed by atoms with Crippen molar-refractivity contribution in [3.8, 4) is 11.8 Å². The van der Waals surface area contributed by atoms with Gasteiger partial charge in [0.2, 0.25) is 5.91 Å². The van der Waals surface area contributed by atoms with Crippen LogP contribution in [0.1, 0.15) is 68.1 Å². The number of likely N-dealkylation sites (tertiary alicyclic amines) is 1. The first kappa shape index (κ1) is 26.7. The number of aromatic nitrogens is 2. The van der Waals surface area contributed by atoms with Gasteiger partial charge in [-0.15, -0.1) is 0 Å². The highest BCUT2D eigenvalue weighted by molar-refractivity contribution is 5.94. The van der Waals surface area contributed by atoms with Gasteiger partial charge < -0.3 is 19.9 Å². The lowest BCUT2D eigenvalue weighted by Crippen LogP contribution is -2.48. The van der Waals surface area contributed by atoms with Crippen molar-refractivity contribution >= 4 is 28.3 Å². The van der Waals surface area contributed by atoms with Crippen LogP contribution in [0.5, 0.6) is 5.75 Å². The highest BCUT2D eigenvalue weighted by Gasteiger charge is 2.38. The average Bonchev–Trinajstić information content (AvgIpc) is 2.93. The van der Waals surface area contributed by atoms with E-state index in [1.807, 2.05) is 36.9 Å². The maximum atomic E-state index is 11.8. The van der Waals surface area contributed by atoms with E-state index in [0.717, 1.165) is 91.1 Å². The fourth-order valence-electron chi connectivity index (χ4n) is 6.33. The first-order valence-electron chi connectivity index (χ1n) is 13.9. The minimum atomic E-state index is -0.0444. The predicted octanol–water partition coefficient (Wildman–Crippen LogP) is 5.53. The third-order valence-corrected chi connectivity index (χ3v) is 8.86. The molecule has 0 radical (unpaired) electrons. The van der Waals surface area contributed by atoms with Gasteiger partial charge in [-0.05, 0) is 75.1 Å². The summed E-state index contributed by atoms with van der Waals surface area (Å²) in [7, 11) is 1.72. The third kappa shape index (κ3) is 5.23. The standard InChI is InChI=1S/C31H38N6O2/c1-20-24(19-32)7-6-8-25(20)21(2)33-30-26-17-28(29(39-5)18-27(26)34-22(3)35-30)37-15-11-31(12-16-37)9-13-36(14-10-31)23(4)38/h6-8,17-18,21H,9-16H2,1-5H3,(H,33,34,35)/t21-/m1/s1. The zero-order chi connectivity index (χ0) is 27.7. The van der Waals surface area contributed by atoms with E-state index in [1.54, 1.807) is 14.0 Å². The van der Waals surface area contributed by atoms with Crippen LogP contribution in [-0.4, -0.2) is 54.1 Å². The molecule has 2 aliphatic rings. The highest BCUT2D eigenvalue weighted by Crippen LogP contribution is 2.44. The van der Waals surface area contributed by atoms with Gasteiger partial charge in [-0.3, -0.25) is 4.79 Å². The zero-order valence-electron chi connectivity index (χ0n) is 23.7. The molecule has 204 valence electrons. The third-order valence-electron chi connectivity index (χ3n) is 8.86. The van der Waals surface area contributed by atoms with E-state index in [2.05, 4.69) is 35.3 Å². The molecule has 2 saturated heterocycles. The number of hydrogen-bond donors (Lipinski definition) is 1. The van der Waals surface area contributed by atoms with Crippen molar-refractivity contribution in [1.82, 2.24) is 14.9 Å². The van der Waals surface area contributed by atoms with Crippen molar-refractivity contribution in [3.05, 3.63) is 52.8 Å². The second-order valence-corrected chi connectivity index (χ2v) is 11.2. The molecule has 3 aromatic rings. The Kier molecular flexibility index (Phi) is 7.35. The van der Waals surface area contributed by atoms with E-state index in [0.29, 0.717) is 16.8 Å². The lowest BCUT2D eigenvalue weighted by Gasteiger charge is -2.47. The normalized spacial score (nSPS) is 17.6. The van der Waals surface area contributed by atoms with Gasteiger partial charge >= 0.3 is 0 Å². The number of methoxy groups -OCH3 is 1. The minimum Gasteiger partial charge on any atom is -0.495 e. The fraction of sp³-hybridized carbons (Fsp3) is 0.484. The predicted molar refractivity (Wildman–Crippen MR) is 154 cm³/mol. The molecule has 8 heteroatoms. The van der Waals surface area contributed by atoms with Crippen LogP contribution in [0.3, 0.4) is 0 Å². The molecule has 0 bridgehead atoms. The summed E-state index contributed by atoms with van der Waals surface area (Å²) in [6.45, 7) is 11.3. The number of piperidine rings is 2. The Morgan fingerprint density at radius 3 is 2.44 bits per heavy atom. The van der Waals surface area contributed by atoms with Crippen molar-refractivity contribution in [2.45, 2.75) is 59.4 Å². The van der Waals surface area contributed by atoms with Gasteiger partial charge in [0.15, 0.2) is 0 Å². The molecule has 0 saturated carbocycles. The molecule has 39 heavy (non-hydrogen) atoms. The number of nitrogens with zero attached hydrogens (tertiary/aromatic N) is 5. The van der Waals surface area contributed by atoms with Crippen LogP contribution in [0.4, 0.5) is 11.5 Å². The molecule has 2 aromatic carbocycles. The molecule has 1 spiro atoms. The largest absolute Gasteiger partial charge is 0.495 e. The van der Waals surface area contributed by atoms with Crippen LogP contribution in [-0.2, 0) is 4.79 Å². The monoisotopic (exact) mass is 526 g/mol. The van der Waals surface area contributed by atoms with Crippen molar-refractivity contribution in [3.63, 3.8) is 0 Å². The molecule has 3 heterocycles. The number of nitriles is 1. The van der Waals surface area contributed by atoms with Crippen LogP contribution in [0, 0.1) is 30.6 Å². The van der Waals surface area contributed by atoms with Gasteiger partial charge in [-0.25, -0.2) is 9.97 Å². The molecule has 2 fully saturated rings. The Morgan fingerprint density at radius 1 is 1.10 bits per heavy atom. The summed E-state index contributed by atoms with van der Waals surface area (Å²) >= 11 is 0. The molecule has 5 rings (SSSR count). The van der Waals surface area contributed by atoms with Crippen molar-refractivity contribution in [2.75, 3.05) is 43.5 Å². The first-order valence-corrected chi connectivity index (χ1v) is 13.9. The van der Waals surface area contributed by atoms with Crippen molar-refractivity contribution in [2.24, 2.45) is 5.41 Å². The average molecular weight is 527 g/mol. The summed E-state index contributed by atoms with van der Waals surface area (Å²) in [6.07, 6.45) is 4.39. The van der Waals surface area contributed by atoms with Gasteiger partial charge in [-0.2, -0.15) is 5.26 Å². The summed E-state index contributed by atoms with van der Waals surface area (Å²) < 4.78 is 5.86. The maximum Gasteiger partial charge on any atom is 0.219 e. The Labute approximate surface area is 231 Å². The molecule has 2 aliphatic heterocycles. The van der Waals surface area contributed by atoms with Crippen LogP contribution in [0.25, 0.3) is 10.9 Å². The number of anilines is 2. The van der Waals surface area contributed by atoms with E-state index >= 15 is 0 Å². The summed E-state index contributed by atoms with van der Waals surface area (Å²) in [5.41, 5.74) is 4.96. The Hall–Kier alpha value is -3.86. The molecule has 1 atom stereocenters. The number of carbonyl (C=O) groups excluding carboxylic acids is 1. The second-order valence-electron chi connectivity index (χ2n) is 11.2. The summed E-state index contributed by atoms with van der Waals surface area (Å²) in [5.74, 6) is 2.47. The molecular formula is C31H38N6O2. The van der Waals surface area contributed by atoms with Crippen molar-refractivity contribution in [1.29, 1.82) is 5.26 Å². The SMILES string of the molecule is COc1cc2nc(C)nc(N[C@H](C)c3cccc(C#N)c3C)c2cc1N1CCC2(CCN(C(C)=O)CC2)CC1. The number of carbonyl (C=O) groups is 1. The first-order chi connectivity index (χ1) is 18.7. The van der Waals surface area contributed by atoms with Gasteiger partial charge in [0.25, 0.3) is 0 Å². The fourth-order valence-corrected chi connectivity index (χ4v) is 6.33. The van der Waals surface area contributed by atoms with E-state index in [4.69, 9.17) is 14.7 Å².